The molecule has 3 heterocycles. The zero-order valence-corrected chi connectivity index (χ0v) is 13.0. The summed E-state index contributed by atoms with van der Waals surface area (Å²) in [4.78, 5) is 26.9. The van der Waals surface area contributed by atoms with Crippen LogP contribution >= 0.6 is 0 Å². The Morgan fingerprint density at radius 1 is 1.22 bits per heavy atom. The zero-order valence-electron chi connectivity index (χ0n) is 13.0. The van der Waals surface area contributed by atoms with E-state index in [1.807, 2.05) is 6.07 Å². The summed E-state index contributed by atoms with van der Waals surface area (Å²) < 4.78 is 5.06. The molecule has 1 saturated heterocycles. The van der Waals surface area contributed by atoms with Crippen LogP contribution in [-0.2, 0) is 0 Å². The van der Waals surface area contributed by atoms with Crippen molar-refractivity contribution in [1.82, 2.24) is 20.3 Å². The molecular formula is C16H19N5O2. The number of amides is 1. The Kier molecular flexibility index (Phi) is 4.65. The van der Waals surface area contributed by atoms with Gasteiger partial charge in [-0.2, -0.15) is 0 Å². The molecule has 0 aliphatic carbocycles. The molecule has 1 aliphatic rings. The van der Waals surface area contributed by atoms with Crippen molar-refractivity contribution in [3.05, 3.63) is 42.5 Å². The summed E-state index contributed by atoms with van der Waals surface area (Å²) >= 11 is 0. The molecular weight excluding hydrogens is 294 g/mol. The topological polar surface area (TPSA) is 80.2 Å². The summed E-state index contributed by atoms with van der Waals surface area (Å²) in [5.74, 6) is 1.22. The van der Waals surface area contributed by atoms with Crippen molar-refractivity contribution in [1.29, 1.82) is 0 Å². The molecule has 3 rings (SSSR count). The van der Waals surface area contributed by atoms with Gasteiger partial charge in [-0.15, -0.1) is 0 Å². The molecule has 1 amide bonds. The maximum absolute atomic E-state index is 12.1. The molecule has 23 heavy (non-hydrogen) atoms. The van der Waals surface area contributed by atoms with Gasteiger partial charge in [-0.1, -0.05) is 6.07 Å². The number of ether oxygens (including phenoxy) is 1. The Bertz CT molecular complexity index is 639. The minimum atomic E-state index is -0.121. The van der Waals surface area contributed by atoms with Crippen LogP contribution in [0.4, 0.5) is 5.95 Å². The second-order valence-corrected chi connectivity index (χ2v) is 5.37. The molecule has 1 fully saturated rings. The Morgan fingerprint density at radius 2 is 1.96 bits per heavy atom. The number of methoxy groups -OCH3 is 1. The Morgan fingerprint density at radius 3 is 2.57 bits per heavy atom. The summed E-state index contributed by atoms with van der Waals surface area (Å²) in [6, 6.07) is 5.48. The van der Waals surface area contributed by atoms with Crippen molar-refractivity contribution in [3.63, 3.8) is 0 Å². The van der Waals surface area contributed by atoms with Crippen LogP contribution in [0.5, 0.6) is 5.75 Å². The maximum atomic E-state index is 12.1. The van der Waals surface area contributed by atoms with E-state index in [4.69, 9.17) is 4.74 Å². The molecule has 0 unspecified atom stereocenters. The predicted molar refractivity (Wildman–Crippen MR) is 85.5 cm³/mol. The molecule has 120 valence electrons. The van der Waals surface area contributed by atoms with Gasteiger partial charge in [0.2, 0.25) is 5.95 Å². The standard InChI is InChI=1S/C16H19N5O2/c1-23-13-10-18-16(19-11-13)21-8-5-12(6-9-21)20-15(22)14-4-2-3-7-17-14/h2-4,7,10-12H,5-6,8-9H2,1H3,(H,20,22). The Labute approximate surface area is 134 Å². The number of hydrogen-bond donors (Lipinski definition) is 1. The number of rotatable bonds is 4. The van der Waals surface area contributed by atoms with Crippen molar-refractivity contribution in [2.45, 2.75) is 18.9 Å². The lowest BCUT2D eigenvalue weighted by atomic mass is 10.1. The number of nitrogens with one attached hydrogen (secondary N) is 1. The van der Waals surface area contributed by atoms with Crippen LogP contribution in [0.2, 0.25) is 0 Å². The molecule has 0 bridgehead atoms. The van der Waals surface area contributed by atoms with Crippen LogP contribution in [0.15, 0.2) is 36.8 Å². The number of anilines is 1. The van der Waals surface area contributed by atoms with Crippen molar-refractivity contribution in [2.24, 2.45) is 0 Å². The van der Waals surface area contributed by atoms with Gasteiger partial charge in [0.15, 0.2) is 5.75 Å². The first kappa shape index (κ1) is 15.2. The van der Waals surface area contributed by atoms with Crippen LogP contribution < -0.4 is 15.0 Å². The van der Waals surface area contributed by atoms with Crippen LogP contribution in [-0.4, -0.2) is 47.1 Å². The van der Waals surface area contributed by atoms with Gasteiger partial charge < -0.3 is 15.0 Å². The van der Waals surface area contributed by atoms with Crippen molar-refractivity contribution < 1.29 is 9.53 Å². The van der Waals surface area contributed by atoms with Gasteiger partial charge >= 0.3 is 0 Å². The fourth-order valence-electron chi connectivity index (χ4n) is 2.56. The van der Waals surface area contributed by atoms with Crippen LogP contribution in [0, 0.1) is 0 Å². The summed E-state index contributed by atoms with van der Waals surface area (Å²) in [6.07, 6.45) is 6.66. The number of piperidine rings is 1. The molecule has 1 aliphatic heterocycles. The SMILES string of the molecule is COc1cnc(N2CCC(NC(=O)c3ccccn3)CC2)nc1. The zero-order chi connectivity index (χ0) is 16.1. The highest BCUT2D eigenvalue weighted by atomic mass is 16.5. The molecule has 0 aromatic carbocycles. The first-order valence-electron chi connectivity index (χ1n) is 7.59. The van der Waals surface area contributed by atoms with Crippen LogP contribution in [0.25, 0.3) is 0 Å². The van der Waals surface area contributed by atoms with E-state index in [0.29, 0.717) is 17.4 Å². The van der Waals surface area contributed by atoms with E-state index >= 15 is 0 Å². The number of nitrogens with zero attached hydrogens (tertiary/aromatic N) is 4. The highest BCUT2D eigenvalue weighted by Gasteiger charge is 2.22. The molecule has 7 heteroatoms. The van der Waals surface area contributed by atoms with Gasteiger partial charge in [0.1, 0.15) is 5.69 Å². The van der Waals surface area contributed by atoms with E-state index in [2.05, 4.69) is 25.2 Å². The molecule has 0 spiro atoms. The highest BCUT2D eigenvalue weighted by Crippen LogP contribution is 2.17. The molecule has 1 N–H and O–H groups in total. The number of carbonyl (C=O) groups is 1. The molecule has 7 nitrogen and oxygen atoms in total. The predicted octanol–water partition coefficient (Wildman–Crippen LogP) is 1.28. The third-order valence-corrected chi connectivity index (χ3v) is 3.86. The lowest BCUT2D eigenvalue weighted by Gasteiger charge is -2.32. The minimum Gasteiger partial charge on any atom is -0.494 e. The van der Waals surface area contributed by atoms with Gasteiger partial charge in [-0.25, -0.2) is 9.97 Å². The van der Waals surface area contributed by atoms with Crippen molar-refractivity contribution in [3.8, 4) is 5.75 Å². The second kappa shape index (κ2) is 7.04. The molecule has 0 saturated carbocycles. The van der Waals surface area contributed by atoms with E-state index in [1.165, 1.54) is 0 Å². The van der Waals surface area contributed by atoms with Crippen LogP contribution in [0.1, 0.15) is 23.3 Å². The maximum Gasteiger partial charge on any atom is 0.270 e. The summed E-state index contributed by atoms with van der Waals surface area (Å²) in [6.45, 7) is 1.61. The molecule has 2 aromatic rings. The monoisotopic (exact) mass is 313 g/mol. The van der Waals surface area contributed by atoms with Gasteiger partial charge in [0.05, 0.1) is 19.5 Å². The van der Waals surface area contributed by atoms with Crippen molar-refractivity contribution in [2.75, 3.05) is 25.1 Å². The lowest BCUT2D eigenvalue weighted by Crippen LogP contribution is -2.45. The largest absolute Gasteiger partial charge is 0.494 e. The average Bonchev–Trinajstić information content (AvgIpc) is 2.63. The van der Waals surface area contributed by atoms with Gasteiger partial charge in [-0.05, 0) is 25.0 Å². The first-order valence-corrected chi connectivity index (χ1v) is 7.59. The van der Waals surface area contributed by atoms with Gasteiger partial charge in [0, 0.05) is 25.3 Å². The summed E-state index contributed by atoms with van der Waals surface area (Å²) in [5, 5.41) is 3.04. The first-order chi connectivity index (χ1) is 11.3. The second-order valence-electron chi connectivity index (χ2n) is 5.37. The number of aromatic nitrogens is 3. The fourth-order valence-corrected chi connectivity index (χ4v) is 2.56. The smallest absolute Gasteiger partial charge is 0.270 e. The molecule has 2 aromatic heterocycles. The van der Waals surface area contributed by atoms with Gasteiger partial charge in [-0.3, -0.25) is 9.78 Å². The summed E-state index contributed by atoms with van der Waals surface area (Å²) in [7, 11) is 1.59. The third kappa shape index (κ3) is 3.74. The number of pyridine rings is 1. The minimum absolute atomic E-state index is 0.121. The van der Waals surface area contributed by atoms with E-state index in [0.717, 1.165) is 25.9 Å². The van der Waals surface area contributed by atoms with E-state index in [9.17, 15) is 4.79 Å². The highest BCUT2D eigenvalue weighted by molar-refractivity contribution is 5.92. The van der Waals surface area contributed by atoms with Gasteiger partial charge in [0.25, 0.3) is 5.91 Å². The van der Waals surface area contributed by atoms with E-state index in [1.54, 1.807) is 37.8 Å². The quantitative estimate of drug-likeness (QED) is 0.916. The summed E-state index contributed by atoms with van der Waals surface area (Å²) in [5.41, 5.74) is 0.452. The Balaban J connectivity index is 1.53. The Hall–Kier alpha value is -2.70. The van der Waals surface area contributed by atoms with E-state index < -0.39 is 0 Å². The third-order valence-electron chi connectivity index (χ3n) is 3.86. The average molecular weight is 313 g/mol. The number of hydrogen-bond acceptors (Lipinski definition) is 6. The normalized spacial score (nSPS) is 15.3. The number of carbonyl (C=O) groups excluding carboxylic acids is 1. The molecule has 0 atom stereocenters. The molecule has 0 radical (unpaired) electrons. The lowest BCUT2D eigenvalue weighted by molar-refractivity contribution is 0.0926. The van der Waals surface area contributed by atoms with Crippen LogP contribution in [0.3, 0.4) is 0 Å². The van der Waals surface area contributed by atoms with E-state index in [-0.39, 0.29) is 11.9 Å². The fraction of sp³-hybridized carbons (Fsp3) is 0.375. The van der Waals surface area contributed by atoms with Crippen molar-refractivity contribution >= 4 is 11.9 Å².